The fourth-order valence-electron chi connectivity index (χ4n) is 3.21. The number of hydrogen-bond donors (Lipinski definition) is 1. The largest absolute Gasteiger partial charge is 0.312 e. The van der Waals surface area contributed by atoms with E-state index in [1.54, 1.807) is 28.8 Å². The van der Waals surface area contributed by atoms with E-state index >= 15 is 0 Å². The van der Waals surface area contributed by atoms with E-state index in [0.29, 0.717) is 16.7 Å². The highest BCUT2D eigenvalue weighted by Gasteiger charge is 2.19. The molecule has 0 spiro atoms. The van der Waals surface area contributed by atoms with Gasteiger partial charge >= 0.3 is 0 Å². The summed E-state index contributed by atoms with van der Waals surface area (Å²) >= 11 is 0. The molecule has 0 aliphatic carbocycles. The van der Waals surface area contributed by atoms with Crippen molar-refractivity contribution in [1.29, 1.82) is 0 Å². The van der Waals surface area contributed by atoms with Crippen LogP contribution in [0.1, 0.15) is 5.56 Å². The van der Waals surface area contributed by atoms with Crippen molar-refractivity contribution in [3.05, 3.63) is 77.0 Å². The van der Waals surface area contributed by atoms with Crippen molar-refractivity contribution in [1.82, 2.24) is 18.8 Å². The second kappa shape index (κ2) is 6.98. The molecule has 0 amide bonds. The monoisotopic (exact) mass is 408 g/mol. The molecule has 148 valence electrons. The molecule has 0 atom stereocenters. The number of benzene rings is 2. The van der Waals surface area contributed by atoms with Crippen LogP contribution in [0.25, 0.3) is 27.8 Å². The number of aromatic nitrogens is 3. The SMILES string of the molecule is Cc1ccc(-c2cn(-c3ccc(S(=O)(=O)N(C)C)cc3)c3nc[nH]c(=O)c23)cc1. The van der Waals surface area contributed by atoms with Gasteiger partial charge in [-0.05, 0) is 36.8 Å². The summed E-state index contributed by atoms with van der Waals surface area (Å²) in [6, 6.07) is 14.4. The Labute approximate surface area is 168 Å². The number of rotatable bonds is 4. The Bertz CT molecular complexity index is 1350. The number of aromatic amines is 1. The van der Waals surface area contributed by atoms with Gasteiger partial charge in [-0.3, -0.25) is 4.79 Å². The summed E-state index contributed by atoms with van der Waals surface area (Å²) in [5, 5.41) is 0.487. The van der Waals surface area contributed by atoms with Crippen molar-refractivity contribution < 1.29 is 8.42 Å². The molecule has 4 aromatic rings. The number of hydrogen-bond acceptors (Lipinski definition) is 4. The second-order valence-electron chi connectivity index (χ2n) is 6.99. The van der Waals surface area contributed by atoms with Gasteiger partial charge in [0.25, 0.3) is 5.56 Å². The third-order valence-corrected chi connectivity index (χ3v) is 6.67. The van der Waals surface area contributed by atoms with Crippen molar-refractivity contribution in [2.75, 3.05) is 14.1 Å². The zero-order valence-corrected chi connectivity index (χ0v) is 17.1. The Morgan fingerprint density at radius 1 is 1.00 bits per heavy atom. The van der Waals surface area contributed by atoms with E-state index in [0.717, 1.165) is 16.7 Å². The molecule has 1 N–H and O–H groups in total. The maximum Gasteiger partial charge on any atom is 0.260 e. The first-order chi connectivity index (χ1) is 13.8. The summed E-state index contributed by atoms with van der Waals surface area (Å²) in [5.41, 5.74) is 3.79. The molecule has 29 heavy (non-hydrogen) atoms. The van der Waals surface area contributed by atoms with Gasteiger partial charge in [-0.15, -0.1) is 0 Å². The number of H-pyrrole nitrogens is 1. The van der Waals surface area contributed by atoms with Gasteiger partial charge in [-0.2, -0.15) is 0 Å². The predicted molar refractivity (Wildman–Crippen MR) is 113 cm³/mol. The molecule has 4 rings (SSSR count). The molecule has 0 saturated carbocycles. The van der Waals surface area contributed by atoms with Gasteiger partial charge in [0.2, 0.25) is 10.0 Å². The molecule has 2 aromatic carbocycles. The first kappa shape index (κ1) is 19.1. The average molecular weight is 408 g/mol. The summed E-state index contributed by atoms with van der Waals surface area (Å²) in [7, 11) is -0.528. The minimum Gasteiger partial charge on any atom is -0.312 e. The van der Waals surface area contributed by atoms with Gasteiger partial charge < -0.3 is 9.55 Å². The number of nitrogens with one attached hydrogen (secondary N) is 1. The quantitative estimate of drug-likeness (QED) is 0.562. The smallest absolute Gasteiger partial charge is 0.260 e. The standard InChI is InChI=1S/C21H20N4O3S/c1-14-4-6-15(7-5-14)18-12-25(20-19(18)21(26)23-13-22-20)16-8-10-17(11-9-16)29(27,28)24(2)3/h4-13H,1-3H3,(H,22,23,26). The number of aryl methyl sites for hydroxylation is 1. The van der Waals surface area contributed by atoms with Crippen LogP contribution >= 0.6 is 0 Å². The Kier molecular flexibility index (Phi) is 4.60. The number of fused-ring (bicyclic) bond motifs is 1. The van der Waals surface area contributed by atoms with Crippen molar-refractivity contribution in [2.45, 2.75) is 11.8 Å². The zero-order valence-electron chi connectivity index (χ0n) is 16.2. The minimum atomic E-state index is -3.51. The summed E-state index contributed by atoms with van der Waals surface area (Å²) in [4.78, 5) is 19.8. The van der Waals surface area contributed by atoms with Crippen molar-refractivity contribution in [3.63, 3.8) is 0 Å². The van der Waals surface area contributed by atoms with Crippen LogP contribution in [0.15, 0.2) is 70.7 Å². The fraction of sp³-hybridized carbons (Fsp3) is 0.143. The molecule has 0 unspecified atom stereocenters. The molecule has 8 heteroatoms. The van der Waals surface area contributed by atoms with Crippen LogP contribution in [0.2, 0.25) is 0 Å². The lowest BCUT2D eigenvalue weighted by molar-refractivity contribution is 0.521. The van der Waals surface area contributed by atoms with Crippen LogP contribution < -0.4 is 5.56 Å². The molecule has 0 bridgehead atoms. The highest BCUT2D eigenvalue weighted by atomic mass is 32.2. The highest BCUT2D eigenvalue weighted by molar-refractivity contribution is 7.89. The molecular formula is C21H20N4O3S. The van der Waals surface area contributed by atoms with Gasteiger partial charge in [0, 0.05) is 31.5 Å². The lowest BCUT2D eigenvalue weighted by atomic mass is 10.1. The van der Waals surface area contributed by atoms with Gasteiger partial charge in [0.05, 0.1) is 16.6 Å². The van der Waals surface area contributed by atoms with E-state index in [2.05, 4.69) is 9.97 Å². The first-order valence-electron chi connectivity index (χ1n) is 8.98. The molecule has 2 heterocycles. The van der Waals surface area contributed by atoms with Crippen LogP contribution in [0.5, 0.6) is 0 Å². The summed E-state index contributed by atoms with van der Waals surface area (Å²) in [6.45, 7) is 2.00. The van der Waals surface area contributed by atoms with Crippen LogP contribution in [0.3, 0.4) is 0 Å². The van der Waals surface area contributed by atoms with Crippen molar-refractivity contribution in [2.24, 2.45) is 0 Å². The van der Waals surface area contributed by atoms with Gasteiger partial charge in [-0.1, -0.05) is 29.8 Å². The number of nitrogens with zero attached hydrogens (tertiary/aromatic N) is 3. The average Bonchev–Trinajstić information content (AvgIpc) is 3.09. The van der Waals surface area contributed by atoms with Crippen LogP contribution in [0.4, 0.5) is 0 Å². The second-order valence-corrected chi connectivity index (χ2v) is 9.14. The normalized spacial score (nSPS) is 12.0. The molecule has 0 saturated heterocycles. The van der Waals surface area contributed by atoms with Gasteiger partial charge in [-0.25, -0.2) is 17.7 Å². The van der Waals surface area contributed by atoms with Crippen LogP contribution in [-0.2, 0) is 10.0 Å². The maximum absolute atomic E-state index is 12.6. The first-order valence-corrected chi connectivity index (χ1v) is 10.4. The summed E-state index contributed by atoms with van der Waals surface area (Å²) in [6.07, 6.45) is 3.22. The topological polar surface area (TPSA) is 88.1 Å². The zero-order chi connectivity index (χ0) is 20.8. The molecule has 0 fully saturated rings. The van der Waals surface area contributed by atoms with Crippen molar-refractivity contribution >= 4 is 21.1 Å². The molecule has 7 nitrogen and oxygen atoms in total. The lowest BCUT2D eigenvalue weighted by Crippen LogP contribution is -2.22. The van der Waals surface area contributed by atoms with Crippen molar-refractivity contribution in [3.8, 4) is 16.8 Å². The summed E-state index contributed by atoms with van der Waals surface area (Å²) < 4.78 is 27.6. The van der Waals surface area contributed by atoms with Gasteiger partial charge in [0.1, 0.15) is 0 Å². The van der Waals surface area contributed by atoms with E-state index in [1.807, 2.05) is 37.4 Å². The molecule has 2 aromatic heterocycles. The van der Waals surface area contributed by atoms with E-state index in [-0.39, 0.29) is 10.5 Å². The molecular weight excluding hydrogens is 388 g/mol. The highest BCUT2D eigenvalue weighted by Crippen LogP contribution is 2.30. The van der Waals surface area contributed by atoms with Gasteiger partial charge in [0.15, 0.2) is 5.65 Å². The minimum absolute atomic E-state index is 0.201. The Morgan fingerprint density at radius 2 is 1.66 bits per heavy atom. The van der Waals surface area contributed by atoms with E-state index in [1.165, 1.54) is 24.7 Å². The van der Waals surface area contributed by atoms with Crippen LogP contribution in [0, 0.1) is 6.92 Å². The van der Waals surface area contributed by atoms with E-state index < -0.39 is 10.0 Å². The third-order valence-electron chi connectivity index (χ3n) is 4.84. The molecule has 0 radical (unpaired) electrons. The predicted octanol–water partition coefficient (Wildman–Crippen LogP) is 2.94. The molecule has 0 aliphatic heterocycles. The van der Waals surface area contributed by atoms with E-state index in [4.69, 9.17) is 0 Å². The Hall–Kier alpha value is -3.23. The number of sulfonamides is 1. The third kappa shape index (κ3) is 3.26. The summed E-state index contributed by atoms with van der Waals surface area (Å²) in [5.74, 6) is 0. The fourth-order valence-corrected chi connectivity index (χ4v) is 4.11. The molecule has 0 aliphatic rings. The van der Waals surface area contributed by atoms with E-state index in [9.17, 15) is 13.2 Å². The Balaban J connectivity index is 1.90. The maximum atomic E-state index is 12.6. The lowest BCUT2D eigenvalue weighted by Gasteiger charge is -2.12. The van der Waals surface area contributed by atoms with Crippen LogP contribution in [-0.4, -0.2) is 41.4 Å². The Morgan fingerprint density at radius 3 is 2.28 bits per heavy atom.